The Morgan fingerprint density at radius 2 is 1.77 bits per heavy atom. The van der Waals surface area contributed by atoms with Gasteiger partial charge in [0.25, 0.3) is 5.91 Å². The fraction of sp³-hybridized carbons (Fsp3) is 0.0435. The summed E-state index contributed by atoms with van der Waals surface area (Å²) in [6, 6.07) is 19.3. The van der Waals surface area contributed by atoms with Gasteiger partial charge in [-0.3, -0.25) is 9.69 Å². The summed E-state index contributed by atoms with van der Waals surface area (Å²) in [5.74, 6) is -0.455. The predicted molar refractivity (Wildman–Crippen MR) is 119 cm³/mol. The highest BCUT2D eigenvalue weighted by Crippen LogP contribution is 2.36. The number of carbonyl (C=O) groups is 1. The summed E-state index contributed by atoms with van der Waals surface area (Å²) < 4.78 is 33.2. The number of benzene rings is 3. The molecule has 1 aliphatic heterocycles. The first-order valence-electron chi connectivity index (χ1n) is 9.01. The Hall–Kier alpha value is -3.03. The zero-order valence-electron chi connectivity index (χ0n) is 15.5. The van der Waals surface area contributed by atoms with Crippen molar-refractivity contribution in [2.45, 2.75) is 6.61 Å². The van der Waals surface area contributed by atoms with E-state index < -0.39 is 5.82 Å². The highest BCUT2D eigenvalue weighted by Gasteiger charge is 2.33. The molecule has 1 heterocycles. The number of rotatable bonds is 5. The monoisotopic (exact) mass is 439 g/mol. The number of carbonyl (C=O) groups excluding carboxylic acids is 1. The molecule has 150 valence electrons. The molecule has 4 rings (SSSR count). The number of hydrogen-bond acceptors (Lipinski definition) is 4. The minimum atomic E-state index is -0.434. The van der Waals surface area contributed by atoms with Gasteiger partial charge in [-0.25, -0.2) is 8.78 Å². The molecule has 0 atom stereocenters. The summed E-state index contributed by atoms with van der Waals surface area (Å²) >= 11 is 6.47. The van der Waals surface area contributed by atoms with E-state index in [4.69, 9.17) is 17.0 Å². The fourth-order valence-electron chi connectivity index (χ4n) is 2.89. The van der Waals surface area contributed by atoms with E-state index >= 15 is 0 Å². The number of hydrogen-bond donors (Lipinski definition) is 0. The third kappa shape index (κ3) is 4.42. The molecule has 0 unspecified atom stereocenters. The zero-order chi connectivity index (χ0) is 21.1. The van der Waals surface area contributed by atoms with Crippen molar-refractivity contribution in [2.75, 3.05) is 4.90 Å². The van der Waals surface area contributed by atoms with Crippen LogP contribution in [0.15, 0.2) is 77.7 Å². The van der Waals surface area contributed by atoms with E-state index in [-0.39, 0.29) is 18.3 Å². The maximum atomic E-state index is 13.7. The summed E-state index contributed by atoms with van der Waals surface area (Å²) in [5.41, 5.74) is 1.66. The number of ether oxygens (including phenoxy) is 1. The highest BCUT2D eigenvalue weighted by molar-refractivity contribution is 8.27. The second-order valence-corrected chi connectivity index (χ2v) is 8.12. The minimum Gasteiger partial charge on any atom is -0.489 e. The van der Waals surface area contributed by atoms with Crippen LogP contribution < -0.4 is 9.64 Å². The molecule has 7 heteroatoms. The number of nitrogens with zero attached hydrogens (tertiary/aromatic N) is 1. The number of halogens is 2. The van der Waals surface area contributed by atoms with Crippen LogP contribution in [0.4, 0.5) is 14.5 Å². The lowest BCUT2D eigenvalue weighted by Gasteiger charge is -2.14. The maximum Gasteiger partial charge on any atom is 0.270 e. The molecule has 1 aliphatic rings. The lowest BCUT2D eigenvalue weighted by atomic mass is 10.2. The van der Waals surface area contributed by atoms with Crippen LogP contribution in [-0.4, -0.2) is 10.2 Å². The van der Waals surface area contributed by atoms with Crippen molar-refractivity contribution in [2.24, 2.45) is 0 Å². The van der Waals surface area contributed by atoms with Crippen molar-refractivity contribution in [1.29, 1.82) is 0 Å². The molecule has 1 saturated heterocycles. The van der Waals surface area contributed by atoms with Crippen LogP contribution >= 0.6 is 24.0 Å². The van der Waals surface area contributed by atoms with Gasteiger partial charge in [-0.1, -0.05) is 60.4 Å². The summed E-state index contributed by atoms with van der Waals surface area (Å²) in [6.45, 7) is 0.123. The van der Waals surface area contributed by atoms with E-state index in [2.05, 4.69) is 0 Å². The van der Waals surface area contributed by atoms with Crippen LogP contribution in [0.3, 0.4) is 0 Å². The molecule has 0 aliphatic carbocycles. The predicted octanol–water partition coefficient (Wildman–Crippen LogP) is 5.95. The van der Waals surface area contributed by atoms with E-state index in [1.54, 1.807) is 54.6 Å². The number of thiocarbonyl (C=S) groups is 1. The van der Waals surface area contributed by atoms with Crippen molar-refractivity contribution in [3.63, 3.8) is 0 Å². The van der Waals surface area contributed by atoms with Crippen LogP contribution in [0.25, 0.3) is 6.08 Å². The third-order valence-electron chi connectivity index (χ3n) is 4.39. The Morgan fingerprint density at radius 3 is 2.50 bits per heavy atom. The first-order valence-corrected chi connectivity index (χ1v) is 10.2. The van der Waals surface area contributed by atoms with Crippen molar-refractivity contribution in [3.8, 4) is 5.75 Å². The van der Waals surface area contributed by atoms with E-state index in [1.807, 2.05) is 0 Å². The molecule has 0 aromatic heterocycles. The normalized spacial score (nSPS) is 15.1. The van der Waals surface area contributed by atoms with E-state index in [9.17, 15) is 13.6 Å². The van der Waals surface area contributed by atoms with Crippen molar-refractivity contribution >= 4 is 46.0 Å². The smallest absolute Gasteiger partial charge is 0.270 e. The molecule has 30 heavy (non-hydrogen) atoms. The molecular formula is C23H15F2NO2S2. The molecule has 1 fully saturated rings. The minimum absolute atomic E-state index is 0.123. The molecule has 0 bridgehead atoms. The maximum absolute atomic E-state index is 13.7. The van der Waals surface area contributed by atoms with E-state index in [1.165, 1.54) is 29.2 Å². The van der Waals surface area contributed by atoms with Crippen LogP contribution in [0.5, 0.6) is 5.75 Å². The molecule has 3 aromatic carbocycles. The van der Waals surface area contributed by atoms with Gasteiger partial charge in [-0.05, 0) is 48.0 Å². The van der Waals surface area contributed by atoms with Gasteiger partial charge < -0.3 is 4.74 Å². The van der Waals surface area contributed by atoms with Gasteiger partial charge in [-0.2, -0.15) is 0 Å². The molecule has 0 spiro atoms. The van der Waals surface area contributed by atoms with Gasteiger partial charge in [0.15, 0.2) is 4.32 Å². The topological polar surface area (TPSA) is 29.5 Å². The van der Waals surface area contributed by atoms with Gasteiger partial charge >= 0.3 is 0 Å². The van der Waals surface area contributed by atoms with Crippen molar-refractivity contribution in [1.82, 2.24) is 0 Å². The Balaban J connectivity index is 1.46. The number of thioether (sulfide) groups is 1. The SMILES string of the molecule is O=C1/C(=C\c2ccc(OCc3ccccc3F)cc2)SC(=S)N1c1cccc(F)c1. The molecule has 3 aromatic rings. The van der Waals surface area contributed by atoms with Gasteiger partial charge in [0, 0.05) is 5.56 Å². The first-order chi connectivity index (χ1) is 14.5. The summed E-state index contributed by atoms with van der Waals surface area (Å²) in [7, 11) is 0. The molecular weight excluding hydrogens is 424 g/mol. The fourth-order valence-corrected chi connectivity index (χ4v) is 4.19. The molecule has 0 N–H and O–H groups in total. The van der Waals surface area contributed by atoms with Gasteiger partial charge in [0.1, 0.15) is 24.0 Å². The standard InChI is InChI=1S/C23H15F2NO2S2/c24-17-5-3-6-18(13-17)26-22(27)21(30-23(26)29)12-15-8-10-19(11-9-15)28-14-16-4-1-2-7-20(16)25/h1-13H,14H2/b21-12+. The van der Waals surface area contributed by atoms with Gasteiger partial charge in [0.2, 0.25) is 0 Å². The first kappa shape index (κ1) is 20.3. The summed E-state index contributed by atoms with van der Waals surface area (Å²) in [5, 5.41) is 0. The molecule has 0 saturated carbocycles. The zero-order valence-corrected chi connectivity index (χ0v) is 17.2. The average molecular weight is 440 g/mol. The van der Waals surface area contributed by atoms with Crippen LogP contribution in [0, 0.1) is 11.6 Å². The molecule has 1 amide bonds. The van der Waals surface area contributed by atoms with Crippen molar-refractivity contribution < 1.29 is 18.3 Å². The summed E-state index contributed by atoms with van der Waals surface area (Å²) in [4.78, 5) is 14.5. The Morgan fingerprint density at radius 1 is 1.00 bits per heavy atom. The van der Waals surface area contributed by atoms with E-state index in [0.29, 0.717) is 26.2 Å². The Kier molecular flexibility index (Phi) is 5.92. The van der Waals surface area contributed by atoms with Crippen LogP contribution in [-0.2, 0) is 11.4 Å². The lowest BCUT2D eigenvalue weighted by Crippen LogP contribution is -2.27. The number of anilines is 1. The van der Waals surface area contributed by atoms with Crippen molar-refractivity contribution in [3.05, 3.63) is 100 Å². The Bertz CT molecular complexity index is 1150. The van der Waals surface area contributed by atoms with E-state index in [0.717, 1.165) is 17.3 Å². The Labute approximate surface area is 182 Å². The van der Waals surface area contributed by atoms with Crippen LogP contribution in [0.2, 0.25) is 0 Å². The van der Waals surface area contributed by atoms with Gasteiger partial charge in [-0.15, -0.1) is 0 Å². The second-order valence-electron chi connectivity index (χ2n) is 6.45. The number of amides is 1. The quantitative estimate of drug-likeness (QED) is 0.363. The third-order valence-corrected chi connectivity index (χ3v) is 5.69. The molecule has 0 radical (unpaired) electrons. The second kappa shape index (κ2) is 8.77. The highest BCUT2D eigenvalue weighted by atomic mass is 32.2. The van der Waals surface area contributed by atoms with Crippen LogP contribution in [0.1, 0.15) is 11.1 Å². The average Bonchev–Trinajstić information content (AvgIpc) is 3.01. The summed E-state index contributed by atoms with van der Waals surface area (Å²) in [6.07, 6.45) is 1.72. The largest absolute Gasteiger partial charge is 0.489 e. The van der Waals surface area contributed by atoms with Gasteiger partial charge in [0.05, 0.1) is 10.6 Å². The molecule has 3 nitrogen and oxygen atoms in total. The lowest BCUT2D eigenvalue weighted by molar-refractivity contribution is -0.113.